The summed E-state index contributed by atoms with van der Waals surface area (Å²) in [5.74, 6) is 2.27. The average molecular weight is 501 g/mol. The van der Waals surface area contributed by atoms with Gasteiger partial charge in [-0.25, -0.2) is 0 Å². The second-order valence-electron chi connectivity index (χ2n) is 10.9. The van der Waals surface area contributed by atoms with Crippen molar-refractivity contribution in [2.45, 2.75) is 103 Å². The van der Waals surface area contributed by atoms with E-state index in [0.717, 1.165) is 55.2 Å². The number of carbonyl (C=O) groups is 2. The third kappa shape index (κ3) is 8.18. The van der Waals surface area contributed by atoms with Crippen LogP contribution < -0.4 is 10.6 Å². The molecule has 4 rings (SSSR count). The molecule has 0 spiro atoms. The first-order chi connectivity index (χ1) is 17.3. The van der Waals surface area contributed by atoms with Crippen LogP contribution in [0.4, 0.5) is 5.82 Å². The van der Waals surface area contributed by atoms with Gasteiger partial charge in [0.2, 0.25) is 5.91 Å². The van der Waals surface area contributed by atoms with Crippen LogP contribution in [0.5, 0.6) is 0 Å². The molecule has 2 saturated carbocycles. The number of aromatic nitrogens is 4. The second-order valence-corrected chi connectivity index (χ2v) is 10.9. The number of nitrogens with one attached hydrogen (secondary N) is 3. The van der Waals surface area contributed by atoms with Crippen molar-refractivity contribution in [3.05, 3.63) is 29.7 Å². The fourth-order valence-corrected chi connectivity index (χ4v) is 5.11. The number of amides is 1. The van der Waals surface area contributed by atoms with Crippen molar-refractivity contribution in [2.24, 2.45) is 11.8 Å². The minimum absolute atomic E-state index is 0.0270. The number of rotatable bonds is 9. The molecule has 0 bridgehead atoms. The van der Waals surface area contributed by atoms with Crippen molar-refractivity contribution in [1.29, 1.82) is 0 Å². The van der Waals surface area contributed by atoms with E-state index in [9.17, 15) is 9.59 Å². The third-order valence-corrected chi connectivity index (χ3v) is 7.59. The number of nitrogens with zero attached hydrogens (tertiary/aromatic N) is 3. The summed E-state index contributed by atoms with van der Waals surface area (Å²) in [7, 11) is 1.95. The molecule has 2 aromatic heterocycles. The summed E-state index contributed by atoms with van der Waals surface area (Å²) in [5, 5.41) is 17.7. The van der Waals surface area contributed by atoms with Crippen LogP contribution in [0.25, 0.3) is 0 Å². The van der Waals surface area contributed by atoms with Crippen molar-refractivity contribution >= 4 is 18.2 Å². The molecule has 200 valence electrons. The molecule has 0 aliphatic heterocycles. The van der Waals surface area contributed by atoms with Gasteiger partial charge in [0.25, 0.3) is 6.47 Å². The van der Waals surface area contributed by atoms with Crippen LogP contribution in [0.1, 0.15) is 95.9 Å². The second kappa shape index (κ2) is 13.6. The minimum Gasteiger partial charge on any atom is -0.465 e. The first-order valence-corrected chi connectivity index (χ1v) is 13.4. The predicted molar refractivity (Wildman–Crippen MR) is 141 cm³/mol. The molecule has 1 amide bonds. The largest absolute Gasteiger partial charge is 0.465 e. The van der Waals surface area contributed by atoms with E-state index >= 15 is 0 Å². The molecule has 3 N–H and O–H groups in total. The van der Waals surface area contributed by atoms with Crippen LogP contribution in [0.3, 0.4) is 0 Å². The number of carbonyl (C=O) groups excluding carboxylic acids is 2. The Kier molecular flexibility index (Phi) is 10.5. The van der Waals surface area contributed by atoms with Gasteiger partial charge in [0.15, 0.2) is 5.82 Å². The number of hydrogen-bond acceptors (Lipinski definition) is 6. The van der Waals surface area contributed by atoms with E-state index in [-0.39, 0.29) is 24.3 Å². The van der Waals surface area contributed by atoms with Crippen LogP contribution >= 0.6 is 0 Å². The van der Waals surface area contributed by atoms with E-state index in [1.165, 1.54) is 12.8 Å². The van der Waals surface area contributed by atoms with Gasteiger partial charge in [-0.3, -0.25) is 19.4 Å². The van der Waals surface area contributed by atoms with Crippen molar-refractivity contribution < 1.29 is 14.3 Å². The zero-order valence-corrected chi connectivity index (χ0v) is 22.5. The molecule has 2 aliphatic carbocycles. The molecule has 2 aromatic rings. The Balaban J connectivity index is 0.000000658. The maximum atomic E-state index is 12.5. The molecule has 0 aromatic carbocycles. The Morgan fingerprint density at radius 1 is 1.19 bits per heavy atom. The van der Waals surface area contributed by atoms with Crippen LogP contribution in [0.2, 0.25) is 0 Å². The summed E-state index contributed by atoms with van der Waals surface area (Å²) in [6.07, 6.45) is 11.5. The smallest absolute Gasteiger partial charge is 0.293 e. The molecule has 9 nitrogen and oxygen atoms in total. The van der Waals surface area contributed by atoms with E-state index in [0.29, 0.717) is 24.4 Å². The number of ether oxygens (including phenoxy) is 1. The van der Waals surface area contributed by atoms with Gasteiger partial charge in [-0.15, -0.1) is 0 Å². The number of hydrogen-bond donors (Lipinski definition) is 3. The summed E-state index contributed by atoms with van der Waals surface area (Å²) in [4.78, 5) is 23.0. The lowest BCUT2D eigenvalue weighted by Gasteiger charge is -2.30. The topological polar surface area (TPSA) is 114 Å². The fraction of sp³-hybridized carbons (Fsp3) is 0.704. The van der Waals surface area contributed by atoms with E-state index in [1.807, 2.05) is 24.0 Å². The maximum absolute atomic E-state index is 12.5. The van der Waals surface area contributed by atoms with Gasteiger partial charge in [0, 0.05) is 29.9 Å². The van der Waals surface area contributed by atoms with E-state index in [2.05, 4.69) is 53.6 Å². The molecule has 2 fully saturated rings. The van der Waals surface area contributed by atoms with Gasteiger partial charge in [0.05, 0.1) is 18.7 Å². The molecule has 0 saturated heterocycles. The lowest BCUT2D eigenvalue weighted by Crippen LogP contribution is -2.21. The van der Waals surface area contributed by atoms with E-state index in [1.54, 1.807) is 6.20 Å². The highest BCUT2D eigenvalue weighted by Crippen LogP contribution is 2.36. The number of H-pyrrole nitrogens is 1. The van der Waals surface area contributed by atoms with Crippen molar-refractivity contribution in [3.63, 3.8) is 0 Å². The molecule has 1 unspecified atom stereocenters. The van der Waals surface area contributed by atoms with Gasteiger partial charge in [-0.1, -0.05) is 27.7 Å². The first kappa shape index (κ1) is 27.9. The normalized spacial score (nSPS) is 23.9. The summed E-state index contributed by atoms with van der Waals surface area (Å²) in [6, 6.07) is 2.96. The van der Waals surface area contributed by atoms with Crippen LogP contribution in [0.15, 0.2) is 18.5 Å². The van der Waals surface area contributed by atoms with Crippen molar-refractivity contribution in [2.75, 3.05) is 12.4 Å². The van der Waals surface area contributed by atoms with Crippen LogP contribution in [-0.2, 0) is 20.7 Å². The minimum atomic E-state index is -0.102. The van der Waals surface area contributed by atoms with Crippen LogP contribution in [-0.4, -0.2) is 51.6 Å². The third-order valence-electron chi connectivity index (χ3n) is 7.59. The summed E-state index contributed by atoms with van der Waals surface area (Å²) >= 11 is 0. The van der Waals surface area contributed by atoms with Gasteiger partial charge < -0.3 is 15.4 Å². The zero-order chi connectivity index (χ0) is 26.1. The van der Waals surface area contributed by atoms with Crippen LogP contribution in [0, 0.1) is 11.8 Å². The highest BCUT2D eigenvalue weighted by atomic mass is 16.5. The SMILES string of the molecule is CC(C)C1CCC(n2cc(CC(=O)Nc3cc([C@H]4CCC(OC=O)C4)[nH]n3)cn2)CC1.CNC(C)C. The van der Waals surface area contributed by atoms with Crippen molar-refractivity contribution in [3.8, 4) is 0 Å². The molecule has 2 heterocycles. The highest BCUT2D eigenvalue weighted by Gasteiger charge is 2.28. The van der Waals surface area contributed by atoms with E-state index < -0.39 is 0 Å². The van der Waals surface area contributed by atoms with Crippen molar-refractivity contribution in [1.82, 2.24) is 25.3 Å². The van der Waals surface area contributed by atoms with E-state index in [4.69, 9.17) is 4.74 Å². The lowest BCUT2D eigenvalue weighted by atomic mass is 9.80. The number of anilines is 1. The monoisotopic (exact) mass is 500 g/mol. The maximum Gasteiger partial charge on any atom is 0.293 e. The Hall–Kier alpha value is -2.68. The zero-order valence-electron chi connectivity index (χ0n) is 22.5. The Morgan fingerprint density at radius 2 is 1.92 bits per heavy atom. The predicted octanol–water partition coefficient (Wildman–Crippen LogP) is 4.60. The Labute approximate surface area is 215 Å². The average Bonchev–Trinajstić information content (AvgIpc) is 3.61. The molecule has 36 heavy (non-hydrogen) atoms. The molecule has 2 aliphatic rings. The summed E-state index contributed by atoms with van der Waals surface area (Å²) in [6.45, 7) is 9.36. The number of aromatic amines is 1. The quantitative estimate of drug-likeness (QED) is 0.434. The lowest BCUT2D eigenvalue weighted by molar-refractivity contribution is -0.133. The van der Waals surface area contributed by atoms with Gasteiger partial charge in [0.1, 0.15) is 6.10 Å². The van der Waals surface area contributed by atoms with Gasteiger partial charge in [-0.05, 0) is 69.4 Å². The molecule has 0 radical (unpaired) electrons. The molecule has 2 atom stereocenters. The molecule has 9 heteroatoms. The molecular weight excluding hydrogens is 456 g/mol. The standard InChI is InChI=1S/C23H33N5O3.C4H11N/c1-15(2)17-3-6-19(7-4-17)28-13-16(12-24-28)9-23(30)25-22-11-21(26-27-22)18-5-8-20(10-18)31-14-29;1-4(2)5-3/h11-15,17-20H,3-10H2,1-2H3,(H2,25,26,27,30);4-5H,1-3H3/t17?,18-,19?,20?;/m0./s1. The Bertz CT molecular complexity index is 945. The summed E-state index contributed by atoms with van der Waals surface area (Å²) in [5.41, 5.74) is 1.89. The van der Waals surface area contributed by atoms with Gasteiger partial charge >= 0.3 is 0 Å². The Morgan fingerprint density at radius 3 is 2.56 bits per heavy atom. The van der Waals surface area contributed by atoms with Gasteiger partial charge in [-0.2, -0.15) is 10.2 Å². The molecular formula is C27H44N6O3. The first-order valence-electron chi connectivity index (χ1n) is 13.4. The fourth-order valence-electron chi connectivity index (χ4n) is 5.11. The summed E-state index contributed by atoms with van der Waals surface area (Å²) < 4.78 is 7.11. The highest BCUT2D eigenvalue weighted by molar-refractivity contribution is 5.91.